The fraction of sp³-hybridized carbons (Fsp3) is 0.588. The van der Waals surface area contributed by atoms with E-state index in [1.54, 1.807) is 0 Å². The molecule has 19 heavy (non-hydrogen) atoms. The van der Waals surface area contributed by atoms with Gasteiger partial charge in [-0.15, -0.1) is 0 Å². The van der Waals surface area contributed by atoms with E-state index >= 15 is 0 Å². The van der Waals surface area contributed by atoms with Crippen molar-refractivity contribution >= 4 is 6.21 Å². The second kappa shape index (κ2) is 5.46. The Labute approximate surface area is 117 Å². The van der Waals surface area contributed by atoms with Crippen molar-refractivity contribution in [3.8, 4) is 0 Å². The summed E-state index contributed by atoms with van der Waals surface area (Å²) in [6, 6.07) is 0.0749. The molecule has 1 aliphatic carbocycles. The molecule has 0 aromatic rings. The zero-order chi connectivity index (χ0) is 14.0. The number of nitrogens with zero attached hydrogens (tertiary/aromatic N) is 1. The molecule has 2 rings (SSSR count). The third-order valence-corrected chi connectivity index (χ3v) is 4.18. The van der Waals surface area contributed by atoms with Crippen LogP contribution in [0.1, 0.15) is 52.9 Å². The summed E-state index contributed by atoms with van der Waals surface area (Å²) in [5.74, 6) is 0. The lowest BCUT2D eigenvalue weighted by atomic mass is 9.90. The molecule has 0 bridgehead atoms. The molecule has 0 saturated heterocycles. The molecule has 1 unspecified atom stereocenters. The van der Waals surface area contributed by atoms with Crippen LogP contribution in [0, 0.1) is 0 Å². The lowest BCUT2D eigenvalue weighted by Crippen LogP contribution is -2.42. The van der Waals surface area contributed by atoms with Crippen molar-refractivity contribution in [2.45, 2.75) is 64.5 Å². The van der Waals surface area contributed by atoms with Gasteiger partial charge in [0, 0.05) is 11.8 Å². The molecule has 0 saturated carbocycles. The van der Waals surface area contributed by atoms with Crippen molar-refractivity contribution in [1.82, 2.24) is 0 Å². The Morgan fingerprint density at radius 1 is 1.32 bits per heavy atom. The number of allylic oxidation sites excluding steroid dienone is 4. The molecule has 0 spiro atoms. The molecule has 1 aliphatic heterocycles. The molecule has 0 aromatic heterocycles. The van der Waals surface area contributed by atoms with Crippen LogP contribution in [0.15, 0.2) is 39.9 Å². The van der Waals surface area contributed by atoms with E-state index in [4.69, 9.17) is 5.73 Å². The molecule has 0 aromatic carbocycles. The van der Waals surface area contributed by atoms with Crippen LogP contribution in [0.25, 0.3) is 0 Å². The largest absolute Gasteiger partial charge is 0.323 e. The van der Waals surface area contributed by atoms with E-state index in [-0.39, 0.29) is 11.6 Å². The van der Waals surface area contributed by atoms with Gasteiger partial charge in [0.1, 0.15) is 0 Å². The monoisotopic (exact) mass is 258 g/mol. The Morgan fingerprint density at radius 3 is 2.63 bits per heavy atom. The lowest BCUT2D eigenvalue weighted by molar-refractivity contribution is 0.470. The van der Waals surface area contributed by atoms with Crippen LogP contribution in [0.5, 0.6) is 0 Å². The minimum atomic E-state index is -0.300. The standard InChI is InChI=1S/C17H26N2/c1-12-8-6-5-7-9-15(12)13(2)14-10-16(19-11-14)17(3,4)18/h10-11,16H,2,5-9,18H2,1,3-4H3. The highest BCUT2D eigenvalue weighted by Crippen LogP contribution is 2.32. The molecule has 2 heteroatoms. The highest BCUT2D eigenvalue weighted by atomic mass is 14.9. The topological polar surface area (TPSA) is 38.4 Å². The molecule has 2 N–H and O–H groups in total. The molecule has 104 valence electrons. The van der Waals surface area contributed by atoms with Crippen LogP contribution in [0.2, 0.25) is 0 Å². The van der Waals surface area contributed by atoms with E-state index in [0.29, 0.717) is 0 Å². The summed E-state index contributed by atoms with van der Waals surface area (Å²) < 4.78 is 0. The Kier molecular flexibility index (Phi) is 4.10. The fourth-order valence-electron chi connectivity index (χ4n) is 2.82. The maximum Gasteiger partial charge on any atom is 0.0863 e. The molecule has 2 aliphatic rings. The van der Waals surface area contributed by atoms with Gasteiger partial charge in [-0.2, -0.15) is 0 Å². The summed E-state index contributed by atoms with van der Waals surface area (Å²) in [6.07, 6.45) is 10.4. The maximum absolute atomic E-state index is 6.13. The number of aliphatic imine (C=N–C) groups is 1. The van der Waals surface area contributed by atoms with Gasteiger partial charge in [-0.25, -0.2) is 0 Å². The highest BCUT2D eigenvalue weighted by Gasteiger charge is 2.26. The van der Waals surface area contributed by atoms with Crippen LogP contribution < -0.4 is 5.73 Å². The van der Waals surface area contributed by atoms with Gasteiger partial charge in [-0.3, -0.25) is 4.99 Å². The molecular weight excluding hydrogens is 232 g/mol. The van der Waals surface area contributed by atoms with Crippen LogP contribution in [0.4, 0.5) is 0 Å². The third-order valence-electron chi connectivity index (χ3n) is 4.18. The van der Waals surface area contributed by atoms with Gasteiger partial charge >= 0.3 is 0 Å². The summed E-state index contributed by atoms with van der Waals surface area (Å²) in [7, 11) is 0. The Bertz CT molecular complexity index is 458. The summed E-state index contributed by atoms with van der Waals surface area (Å²) in [5, 5.41) is 0. The average Bonchev–Trinajstić information content (AvgIpc) is 2.73. The molecule has 1 atom stereocenters. The first-order chi connectivity index (χ1) is 8.89. The minimum Gasteiger partial charge on any atom is -0.323 e. The summed E-state index contributed by atoms with van der Waals surface area (Å²) >= 11 is 0. The van der Waals surface area contributed by atoms with Crippen molar-refractivity contribution < 1.29 is 0 Å². The molecule has 0 fully saturated rings. The second-order valence-corrected chi connectivity index (χ2v) is 6.46. The fourth-order valence-corrected chi connectivity index (χ4v) is 2.82. The lowest BCUT2D eigenvalue weighted by Gasteiger charge is -2.22. The minimum absolute atomic E-state index is 0.0749. The van der Waals surface area contributed by atoms with E-state index in [2.05, 4.69) is 24.6 Å². The van der Waals surface area contributed by atoms with Gasteiger partial charge in [0.05, 0.1) is 6.04 Å². The predicted octanol–water partition coefficient (Wildman–Crippen LogP) is 3.94. The number of hydrogen-bond donors (Lipinski definition) is 1. The van der Waals surface area contributed by atoms with Crippen molar-refractivity contribution in [3.63, 3.8) is 0 Å². The Balaban J connectivity index is 2.19. The molecule has 0 radical (unpaired) electrons. The van der Waals surface area contributed by atoms with Gasteiger partial charge in [0.2, 0.25) is 0 Å². The van der Waals surface area contributed by atoms with Crippen LogP contribution in [-0.2, 0) is 0 Å². The van der Waals surface area contributed by atoms with E-state index in [9.17, 15) is 0 Å². The Hall–Kier alpha value is -1.15. The highest BCUT2D eigenvalue weighted by molar-refractivity contribution is 5.89. The first kappa shape index (κ1) is 14.3. The van der Waals surface area contributed by atoms with E-state index in [1.165, 1.54) is 42.4 Å². The molecule has 0 amide bonds. The van der Waals surface area contributed by atoms with E-state index < -0.39 is 0 Å². The SMILES string of the molecule is C=C(C1=CC(C(C)(C)N)N=C1)C1=C(C)CCCCC1. The van der Waals surface area contributed by atoms with E-state index in [1.807, 2.05) is 20.1 Å². The molecule has 1 heterocycles. The first-order valence-corrected chi connectivity index (χ1v) is 7.32. The quantitative estimate of drug-likeness (QED) is 0.818. The normalized spacial score (nSPS) is 24.4. The van der Waals surface area contributed by atoms with Crippen LogP contribution >= 0.6 is 0 Å². The van der Waals surface area contributed by atoms with Gasteiger partial charge < -0.3 is 5.73 Å². The first-order valence-electron chi connectivity index (χ1n) is 7.32. The number of hydrogen-bond acceptors (Lipinski definition) is 2. The maximum atomic E-state index is 6.13. The average molecular weight is 258 g/mol. The summed E-state index contributed by atoms with van der Waals surface area (Å²) in [4.78, 5) is 4.53. The van der Waals surface area contributed by atoms with Crippen molar-refractivity contribution in [2.24, 2.45) is 10.7 Å². The Morgan fingerprint density at radius 2 is 2.00 bits per heavy atom. The summed E-state index contributed by atoms with van der Waals surface area (Å²) in [5.41, 5.74) is 11.1. The smallest absolute Gasteiger partial charge is 0.0863 e. The zero-order valence-corrected chi connectivity index (χ0v) is 12.5. The van der Waals surface area contributed by atoms with Gasteiger partial charge in [0.15, 0.2) is 0 Å². The predicted molar refractivity (Wildman–Crippen MR) is 83.6 cm³/mol. The van der Waals surface area contributed by atoms with E-state index in [0.717, 1.165) is 12.0 Å². The number of nitrogens with two attached hydrogens (primary N) is 1. The second-order valence-electron chi connectivity index (χ2n) is 6.46. The zero-order valence-electron chi connectivity index (χ0n) is 12.5. The third kappa shape index (κ3) is 3.24. The molecule has 2 nitrogen and oxygen atoms in total. The van der Waals surface area contributed by atoms with Gasteiger partial charge in [-0.05, 0) is 69.2 Å². The van der Waals surface area contributed by atoms with Gasteiger partial charge in [-0.1, -0.05) is 18.6 Å². The summed E-state index contributed by atoms with van der Waals surface area (Å²) in [6.45, 7) is 10.6. The van der Waals surface area contributed by atoms with Crippen molar-refractivity contribution in [2.75, 3.05) is 0 Å². The van der Waals surface area contributed by atoms with Crippen LogP contribution in [-0.4, -0.2) is 17.8 Å². The molecular formula is C17H26N2. The van der Waals surface area contributed by atoms with Crippen molar-refractivity contribution in [1.29, 1.82) is 0 Å². The van der Waals surface area contributed by atoms with Crippen LogP contribution in [0.3, 0.4) is 0 Å². The van der Waals surface area contributed by atoms with Crippen molar-refractivity contribution in [3.05, 3.63) is 34.9 Å². The number of rotatable bonds is 3. The van der Waals surface area contributed by atoms with Gasteiger partial charge in [0.25, 0.3) is 0 Å².